The zero-order valence-electron chi connectivity index (χ0n) is 20.6. The van der Waals surface area contributed by atoms with E-state index in [0.29, 0.717) is 35.2 Å². The van der Waals surface area contributed by atoms with Crippen molar-refractivity contribution in [3.8, 4) is 22.5 Å². The molecule has 3 aliphatic heterocycles. The van der Waals surface area contributed by atoms with Crippen LogP contribution in [0.25, 0.3) is 22.5 Å². The number of amides is 1. The van der Waals surface area contributed by atoms with E-state index in [-0.39, 0.29) is 18.1 Å². The molecule has 204 valence electrons. The molecule has 0 saturated heterocycles. The third kappa shape index (κ3) is 5.22. The van der Waals surface area contributed by atoms with Crippen molar-refractivity contribution in [2.45, 2.75) is 19.6 Å². The van der Waals surface area contributed by atoms with E-state index in [4.69, 9.17) is 0 Å². The molecule has 10 nitrogen and oxygen atoms in total. The number of halogens is 4. The van der Waals surface area contributed by atoms with Crippen molar-refractivity contribution in [3.05, 3.63) is 77.4 Å². The highest BCUT2D eigenvalue weighted by atomic mass is 35.5. The predicted octanol–water partition coefficient (Wildman–Crippen LogP) is 4.96. The zero-order valence-corrected chi connectivity index (χ0v) is 22.2. The number of nitrogens with zero attached hydrogens (tertiary/aromatic N) is 7. The molecule has 2 N–H and O–H groups in total. The van der Waals surface area contributed by atoms with Gasteiger partial charge in [-0.3, -0.25) is 9.78 Å². The van der Waals surface area contributed by atoms with Crippen LogP contribution in [0.3, 0.4) is 0 Å². The first-order chi connectivity index (χ1) is 18.8. The van der Waals surface area contributed by atoms with Gasteiger partial charge >= 0.3 is 6.18 Å². The molecule has 5 heterocycles. The molecule has 0 unspecified atom stereocenters. The smallest absolute Gasteiger partial charge is 0.369 e. The van der Waals surface area contributed by atoms with Gasteiger partial charge in [0.1, 0.15) is 17.3 Å². The number of fused-ring (bicyclic) bond motifs is 3. The summed E-state index contributed by atoms with van der Waals surface area (Å²) >= 11 is 1.14. The molecule has 0 spiro atoms. The predicted molar refractivity (Wildman–Crippen MR) is 145 cm³/mol. The molecular formula is C25H19ClF3N9OS. The Kier molecular flexibility index (Phi) is 7.21. The minimum Gasteiger partial charge on any atom is -0.369 e. The Bertz CT molecular complexity index is 1760. The van der Waals surface area contributed by atoms with Crippen LogP contribution >= 0.6 is 23.9 Å². The topological polar surface area (TPSA) is 123 Å². The molecule has 40 heavy (non-hydrogen) atoms. The fourth-order valence-electron chi connectivity index (χ4n) is 4.35. The van der Waals surface area contributed by atoms with E-state index >= 15 is 0 Å². The SMILES string of the molecule is Cc1ccc(NC(=O)c2cc(C(F)(F)F)ccn2)cc1-c1cc2cnc(=Nc3cnns3)nc-2n2c1NCC2.Cl. The first-order valence-electron chi connectivity index (χ1n) is 11.7. The number of aromatic nitrogens is 6. The van der Waals surface area contributed by atoms with Gasteiger partial charge in [0.25, 0.3) is 11.5 Å². The van der Waals surface area contributed by atoms with Crippen molar-refractivity contribution in [2.24, 2.45) is 4.99 Å². The second-order valence-corrected chi connectivity index (χ2v) is 9.48. The molecule has 0 radical (unpaired) electrons. The second kappa shape index (κ2) is 10.6. The van der Waals surface area contributed by atoms with E-state index in [1.165, 1.54) is 6.20 Å². The first kappa shape index (κ1) is 27.1. The minimum absolute atomic E-state index is 0. The van der Waals surface area contributed by atoms with Crippen LogP contribution in [0.1, 0.15) is 21.6 Å². The highest BCUT2D eigenvalue weighted by Crippen LogP contribution is 2.39. The maximum atomic E-state index is 13.1. The first-order valence-corrected chi connectivity index (χ1v) is 12.5. The number of benzene rings is 1. The van der Waals surface area contributed by atoms with E-state index in [9.17, 15) is 18.0 Å². The molecule has 0 fully saturated rings. The number of carbonyl (C=O) groups excluding carboxylic acids is 1. The molecular weight excluding hydrogens is 567 g/mol. The van der Waals surface area contributed by atoms with Crippen LogP contribution in [0.4, 0.5) is 29.7 Å². The summed E-state index contributed by atoms with van der Waals surface area (Å²) in [4.78, 5) is 30.0. The molecule has 0 aliphatic carbocycles. The zero-order chi connectivity index (χ0) is 27.1. The number of nitrogens with one attached hydrogen (secondary N) is 2. The third-order valence-electron chi connectivity index (χ3n) is 6.16. The molecule has 15 heteroatoms. The average molecular weight is 586 g/mol. The third-order valence-corrected chi connectivity index (χ3v) is 6.72. The fraction of sp³-hybridized carbons (Fsp3) is 0.160. The van der Waals surface area contributed by atoms with Gasteiger partial charge in [-0.25, -0.2) is 4.98 Å². The monoisotopic (exact) mass is 585 g/mol. The Labute approximate surface area is 235 Å². The quantitative estimate of drug-likeness (QED) is 0.306. The molecule has 0 atom stereocenters. The van der Waals surface area contributed by atoms with Crippen LogP contribution in [0.2, 0.25) is 0 Å². The molecule has 0 bridgehead atoms. The number of hydrogen-bond acceptors (Lipinski definition) is 9. The van der Waals surface area contributed by atoms with Crippen LogP contribution in [0, 0.1) is 6.92 Å². The Morgan fingerprint density at radius 2 is 1.98 bits per heavy atom. The number of pyridine rings is 2. The average Bonchev–Trinajstić information content (AvgIpc) is 3.62. The van der Waals surface area contributed by atoms with Crippen LogP contribution in [-0.4, -0.2) is 41.6 Å². The van der Waals surface area contributed by atoms with Crippen LogP contribution in [0.15, 0.2) is 60.0 Å². The van der Waals surface area contributed by atoms with Crippen molar-refractivity contribution in [1.29, 1.82) is 0 Å². The van der Waals surface area contributed by atoms with Gasteiger partial charge in [0.2, 0.25) is 0 Å². The van der Waals surface area contributed by atoms with Gasteiger partial charge in [-0.1, -0.05) is 10.6 Å². The van der Waals surface area contributed by atoms with E-state index in [1.807, 2.05) is 23.6 Å². The number of hydrogen-bond donors (Lipinski definition) is 2. The Balaban J connectivity index is 0.00000323. The molecule has 6 rings (SSSR count). The lowest BCUT2D eigenvalue weighted by atomic mass is 9.98. The minimum atomic E-state index is -4.58. The van der Waals surface area contributed by atoms with E-state index < -0.39 is 17.6 Å². The van der Waals surface area contributed by atoms with Crippen molar-refractivity contribution < 1.29 is 18.0 Å². The Hall–Kier alpha value is -4.43. The molecule has 1 amide bonds. The summed E-state index contributed by atoms with van der Waals surface area (Å²) in [5, 5.41) is 10.4. The van der Waals surface area contributed by atoms with Gasteiger partial charge in [-0.2, -0.15) is 23.1 Å². The van der Waals surface area contributed by atoms with Crippen molar-refractivity contribution in [1.82, 2.24) is 29.1 Å². The van der Waals surface area contributed by atoms with Gasteiger partial charge in [0, 0.05) is 53.8 Å². The number of rotatable bonds is 4. The van der Waals surface area contributed by atoms with Crippen molar-refractivity contribution in [3.63, 3.8) is 0 Å². The molecule has 2 aromatic heterocycles. The highest BCUT2D eigenvalue weighted by molar-refractivity contribution is 7.09. The summed E-state index contributed by atoms with van der Waals surface area (Å²) in [5.41, 5.74) is 2.87. The summed E-state index contributed by atoms with van der Waals surface area (Å²) in [5.74, 6) is 0.813. The van der Waals surface area contributed by atoms with Gasteiger partial charge in [-0.15, -0.1) is 17.5 Å². The van der Waals surface area contributed by atoms with Crippen LogP contribution < -0.4 is 16.3 Å². The maximum Gasteiger partial charge on any atom is 0.416 e. The number of alkyl halides is 3. The number of anilines is 2. The van der Waals surface area contributed by atoms with Gasteiger partial charge in [-0.05, 0) is 48.4 Å². The largest absolute Gasteiger partial charge is 0.416 e. The standard InChI is InChI=1S/C25H18F3N9OS.ClH/c1-13-2-3-16(33-23(38)19-9-15(4-5-29-19)25(26,27)28)10-17(13)18-8-14-11-31-24(34-20-12-32-36-39-20)35-21(14)37-7-6-30-22(18)37;/h2-5,8-12,30H,6-7H2,1H3,(H,33,38);1H. The summed E-state index contributed by atoms with van der Waals surface area (Å²) in [6.07, 6.45) is -0.370. The second-order valence-electron chi connectivity index (χ2n) is 8.71. The van der Waals surface area contributed by atoms with E-state index in [1.54, 1.807) is 18.3 Å². The van der Waals surface area contributed by atoms with Crippen molar-refractivity contribution >= 4 is 46.4 Å². The lowest BCUT2D eigenvalue weighted by Crippen LogP contribution is -2.17. The number of aryl methyl sites for hydroxylation is 1. The lowest BCUT2D eigenvalue weighted by Gasteiger charge is -2.19. The molecule has 3 aliphatic rings. The molecule has 1 aromatic carbocycles. The summed E-state index contributed by atoms with van der Waals surface area (Å²) in [7, 11) is 0. The van der Waals surface area contributed by atoms with Gasteiger partial charge in [0.15, 0.2) is 5.00 Å². The molecule has 3 aromatic rings. The lowest BCUT2D eigenvalue weighted by molar-refractivity contribution is -0.137. The van der Waals surface area contributed by atoms with Crippen LogP contribution in [-0.2, 0) is 12.7 Å². The highest BCUT2D eigenvalue weighted by Gasteiger charge is 2.31. The Morgan fingerprint density at radius 1 is 1.12 bits per heavy atom. The fourth-order valence-corrected chi connectivity index (χ4v) is 4.74. The maximum absolute atomic E-state index is 13.1. The summed E-state index contributed by atoms with van der Waals surface area (Å²) in [6, 6.07) is 8.82. The van der Waals surface area contributed by atoms with Gasteiger partial charge in [0.05, 0.1) is 11.8 Å². The van der Waals surface area contributed by atoms with Crippen molar-refractivity contribution in [2.75, 3.05) is 17.2 Å². The van der Waals surface area contributed by atoms with E-state index in [0.717, 1.165) is 57.9 Å². The normalized spacial score (nSPS) is 13.1. The summed E-state index contributed by atoms with van der Waals surface area (Å²) < 4.78 is 45.1. The Morgan fingerprint density at radius 3 is 2.75 bits per heavy atom. The van der Waals surface area contributed by atoms with Crippen LogP contribution in [0.5, 0.6) is 0 Å². The molecule has 0 saturated carbocycles. The number of carbonyl (C=O) groups is 1. The van der Waals surface area contributed by atoms with Gasteiger partial charge < -0.3 is 15.2 Å². The summed E-state index contributed by atoms with van der Waals surface area (Å²) in [6.45, 7) is 3.31. The van der Waals surface area contributed by atoms with E-state index in [2.05, 4.69) is 40.2 Å².